The maximum absolute atomic E-state index is 13.6. The van der Waals surface area contributed by atoms with E-state index in [4.69, 9.17) is 10.5 Å². The van der Waals surface area contributed by atoms with E-state index < -0.39 is 11.7 Å². The number of anilines is 1. The second kappa shape index (κ2) is 9.60. The van der Waals surface area contributed by atoms with Crippen LogP contribution in [0.1, 0.15) is 16.8 Å². The topological polar surface area (TPSA) is 75.8 Å². The van der Waals surface area contributed by atoms with Crippen LogP contribution in [-0.4, -0.2) is 43.8 Å². The van der Waals surface area contributed by atoms with Crippen LogP contribution >= 0.6 is 0 Å². The molecule has 9 heteroatoms. The Bertz CT molecular complexity index is 821. The number of aromatic nitrogens is 1. The van der Waals surface area contributed by atoms with E-state index in [9.17, 15) is 13.2 Å². The van der Waals surface area contributed by atoms with Gasteiger partial charge in [-0.05, 0) is 29.8 Å². The van der Waals surface area contributed by atoms with Crippen molar-refractivity contribution in [2.24, 2.45) is 10.7 Å². The molecular formula is C20H24F3N5O. The van der Waals surface area contributed by atoms with Crippen LogP contribution in [0.5, 0.6) is 0 Å². The molecule has 1 aromatic carbocycles. The Morgan fingerprint density at radius 2 is 2.00 bits per heavy atom. The molecule has 2 aromatic rings. The van der Waals surface area contributed by atoms with E-state index in [1.165, 1.54) is 12.1 Å². The molecule has 1 aliphatic rings. The van der Waals surface area contributed by atoms with Gasteiger partial charge >= 0.3 is 6.18 Å². The van der Waals surface area contributed by atoms with Crippen molar-refractivity contribution in [3.63, 3.8) is 0 Å². The number of guanidine groups is 1. The first-order valence-electron chi connectivity index (χ1n) is 9.40. The van der Waals surface area contributed by atoms with E-state index in [0.29, 0.717) is 45.0 Å². The number of nitrogens with zero attached hydrogens (tertiary/aromatic N) is 3. The summed E-state index contributed by atoms with van der Waals surface area (Å²) in [7, 11) is 0. The molecule has 1 aliphatic heterocycles. The van der Waals surface area contributed by atoms with Crippen molar-refractivity contribution < 1.29 is 17.9 Å². The molecule has 6 nitrogen and oxygen atoms in total. The molecule has 0 bridgehead atoms. The van der Waals surface area contributed by atoms with E-state index in [1.54, 1.807) is 12.3 Å². The molecule has 1 aromatic heterocycles. The van der Waals surface area contributed by atoms with Crippen molar-refractivity contribution in [3.05, 3.63) is 59.4 Å². The third-order valence-electron chi connectivity index (χ3n) is 4.61. The highest BCUT2D eigenvalue weighted by Crippen LogP contribution is 2.35. The van der Waals surface area contributed by atoms with Gasteiger partial charge in [0.15, 0.2) is 5.96 Å². The number of ether oxygens (including phenoxy) is 1. The fourth-order valence-electron chi connectivity index (χ4n) is 3.08. The summed E-state index contributed by atoms with van der Waals surface area (Å²) in [5, 5.41) is 2.91. The number of nitrogens with two attached hydrogens (primary N) is 1. The van der Waals surface area contributed by atoms with Crippen molar-refractivity contribution >= 4 is 11.6 Å². The van der Waals surface area contributed by atoms with Crippen molar-refractivity contribution in [1.82, 2.24) is 10.3 Å². The number of benzene rings is 1. The SMILES string of the molecule is NC(=NCc1ccc(N2CCOCC2)cc1C(F)(F)F)NCCc1ccccn1. The molecule has 0 amide bonds. The van der Waals surface area contributed by atoms with Gasteiger partial charge in [-0.3, -0.25) is 4.98 Å². The molecule has 156 valence electrons. The third kappa shape index (κ3) is 6.08. The van der Waals surface area contributed by atoms with Crippen molar-refractivity contribution in [3.8, 4) is 0 Å². The Morgan fingerprint density at radius 3 is 2.69 bits per heavy atom. The minimum absolute atomic E-state index is 0.0870. The number of rotatable bonds is 6. The lowest BCUT2D eigenvalue weighted by atomic mass is 10.1. The fourth-order valence-corrected chi connectivity index (χ4v) is 3.08. The number of hydrogen-bond donors (Lipinski definition) is 2. The third-order valence-corrected chi connectivity index (χ3v) is 4.61. The average Bonchev–Trinajstić information content (AvgIpc) is 2.73. The first kappa shape index (κ1) is 20.9. The number of nitrogens with one attached hydrogen (secondary N) is 1. The van der Waals surface area contributed by atoms with Gasteiger partial charge in [0.2, 0.25) is 0 Å². The molecular weight excluding hydrogens is 383 g/mol. The Kier molecular flexibility index (Phi) is 6.92. The van der Waals surface area contributed by atoms with Gasteiger partial charge in [-0.2, -0.15) is 13.2 Å². The Labute approximate surface area is 167 Å². The molecule has 2 heterocycles. The van der Waals surface area contributed by atoms with Gasteiger partial charge < -0.3 is 20.7 Å². The Balaban J connectivity index is 1.64. The summed E-state index contributed by atoms with van der Waals surface area (Å²) in [5.74, 6) is 0.103. The summed E-state index contributed by atoms with van der Waals surface area (Å²) in [4.78, 5) is 10.2. The highest BCUT2D eigenvalue weighted by molar-refractivity contribution is 5.77. The predicted molar refractivity (Wildman–Crippen MR) is 106 cm³/mol. The van der Waals surface area contributed by atoms with Gasteiger partial charge in [-0.15, -0.1) is 0 Å². The zero-order valence-electron chi connectivity index (χ0n) is 16.0. The number of alkyl halides is 3. The average molecular weight is 407 g/mol. The van der Waals surface area contributed by atoms with E-state index in [1.807, 2.05) is 23.1 Å². The molecule has 0 radical (unpaired) electrons. The second-order valence-corrected chi connectivity index (χ2v) is 6.64. The number of pyridine rings is 1. The van der Waals surface area contributed by atoms with Crippen LogP contribution in [0.3, 0.4) is 0 Å². The van der Waals surface area contributed by atoms with Crippen molar-refractivity contribution in [2.75, 3.05) is 37.7 Å². The minimum Gasteiger partial charge on any atom is -0.378 e. The van der Waals surface area contributed by atoms with Gasteiger partial charge in [0.1, 0.15) is 0 Å². The van der Waals surface area contributed by atoms with Crippen LogP contribution in [-0.2, 0) is 23.9 Å². The molecule has 0 spiro atoms. The summed E-state index contributed by atoms with van der Waals surface area (Å²) >= 11 is 0. The predicted octanol–water partition coefficient (Wildman–Crippen LogP) is 2.58. The van der Waals surface area contributed by atoms with E-state index in [0.717, 1.165) is 5.69 Å². The van der Waals surface area contributed by atoms with Crippen molar-refractivity contribution in [2.45, 2.75) is 19.1 Å². The lowest BCUT2D eigenvalue weighted by Gasteiger charge is -2.29. The molecule has 1 saturated heterocycles. The van der Waals surface area contributed by atoms with Gasteiger partial charge in [-0.1, -0.05) is 12.1 Å². The van der Waals surface area contributed by atoms with E-state index in [-0.39, 0.29) is 18.1 Å². The highest BCUT2D eigenvalue weighted by atomic mass is 19.4. The normalized spacial score (nSPS) is 15.4. The highest BCUT2D eigenvalue weighted by Gasteiger charge is 2.34. The summed E-state index contributed by atoms with van der Waals surface area (Å²) in [6.07, 6.45) is -2.13. The molecule has 0 aliphatic carbocycles. The maximum atomic E-state index is 13.6. The monoisotopic (exact) mass is 407 g/mol. The lowest BCUT2D eigenvalue weighted by molar-refractivity contribution is -0.138. The largest absolute Gasteiger partial charge is 0.416 e. The summed E-state index contributed by atoms with van der Waals surface area (Å²) in [5.41, 5.74) is 6.64. The van der Waals surface area contributed by atoms with Crippen molar-refractivity contribution in [1.29, 1.82) is 0 Å². The minimum atomic E-state index is -4.46. The molecule has 3 rings (SSSR count). The zero-order chi connectivity index (χ0) is 20.7. The van der Waals surface area contributed by atoms with Crippen LogP contribution in [0.2, 0.25) is 0 Å². The zero-order valence-corrected chi connectivity index (χ0v) is 16.0. The van der Waals surface area contributed by atoms with Gasteiger partial charge in [0.05, 0.1) is 25.3 Å². The quantitative estimate of drug-likeness (QED) is 0.569. The standard InChI is InChI=1S/C20H24F3N5O/c21-20(22,23)18-13-17(28-9-11-29-12-10-28)5-4-15(18)14-27-19(24)26-8-6-16-3-1-2-7-25-16/h1-5,7,13H,6,8-12,14H2,(H3,24,26,27). The summed E-state index contributed by atoms with van der Waals surface area (Å²) in [6.45, 7) is 2.50. The molecule has 0 atom stereocenters. The second-order valence-electron chi connectivity index (χ2n) is 6.64. The van der Waals surface area contributed by atoms with Crippen LogP contribution in [0.25, 0.3) is 0 Å². The number of hydrogen-bond acceptors (Lipinski definition) is 4. The number of morpholine rings is 1. The van der Waals surface area contributed by atoms with E-state index >= 15 is 0 Å². The first-order valence-corrected chi connectivity index (χ1v) is 9.40. The van der Waals surface area contributed by atoms with E-state index in [2.05, 4.69) is 15.3 Å². The molecule has 29 heavy (non-hydrogen) atoms. The molecule has 1 fully saturated rings. The number of aliphatic imine (C=N–C) groups is 1. The maximum Gasteiger partial charge on any atom is 0.416 e. The van der Waals surface area contributed by atoms with Crippen LogP contribution in [0, 0.1) is 0 Å². The van der Waals surface area contributed by atoms with Crippen LogP contribution < -0.4 is 16.0 Å². The fraction of sp³-hybridized carbons (Fsp3) is 0.400. The lowest BCUT2D eigenvalue weighted by Crippen LogP contribution is -2.36. The Hall–Kier alpha value is -2.81. The molecule has 0 saturated carbocycles. The molecule has 0 unspecified atom stereocenters. The summed E-state index contributed by atoms with van der Waals surface area (Å²) < 4.78 is 46.0. The number of halogens is 3. The van der Waals surface area contributed by atoms with Crippen LogP contribution in [0.4, 0.5) is 18.9 Å². The van der Waals surface area contributed by atoms with Gasteiger partial charge in [0, 0.05) is 43.6 Å². The smallest absolute Gasteiger partial charge is 0.378 e. The molecule has 3 N–H and O–H groups in total. The van der Waals surface area contributed by atoms with Crippen LogP contribution in [0.15, 0.2) is 47.6 Å². The first-order chi connectivity index (χ1) is 13.9. The summed E-state index contributed by atoms with van der Waals surface area (Å²) in [6, 6.07) is 9.95. The van der Waals surface area contributed by atoms with Gasteiger partial charge in [-0.25, -0.2) is 4.99 Å². The van der Waals surface area contributed by atoms with Gasteiger partial charge in [0.25, 0.3) is 0 Å². The Morgan fingerprint density at radius 1 is 1.21 bits per heavy atom.